The van der Waals surface area contributed by atoms with Crippen molar-refractivity contribution in [1.82, 2.24) is 14.8 Å². The summed E-state index contributed by atoms with van der Waals surface area (Å²) >= 11 is 1.73. The van der Waals surface area contributed by atoms with Crippen molar-refractivity contribution in [2.75, 3.05) is 27.2 Å². The van der Waals surface area contributed by atoms with Gasteiger partial charge in [0.05, 0.1) is 34.6 Å². The summed E-state index contributed by atoms with van der Waals surface area (Å²) in [4.78, 5) is 9.68. The number of piperidine rings is 2. The fourth-order valence-electron chi connectivity index (χ4n) is 6.66. The van der Waals surface area contributed by atoms with Crippen LogP contribution in [0.4, 0.5) is 0 Å². The maximum atomic E-state index is 6.88. The highest BCUT2D eigenvalue weighted by Gasteiger charge is 2.58. The number of hydrogen-bond donors (Lipinski definition) is 0. The maximum Gasteiger partial charge on any atom is 0.120 e. The Balaban J connectivity index is 1.02. The summed E-state index contributed by atoms with van der Waals surface area (Å²) in [6.45, 7) is 2.61. The predicted octanol–water partition coefficient (Wildman–Crippen LogP) is 6.27. The van der Waals surface area contributed by atoms with Gasteiger partial charge in [-0.1, -0.05) is 60.7 Å². The van der Waals surface area contributed by atoms with Crippen molar-refractivity contribution in [2.24, 2.45) is 0 Å². The van der Waals surface area contributed by atoms with Gasteiger partial charge < -0.3 is 9.47 Å². The average molecular weight is 526 g/mol. The first kappa shape index (κ1) is 24.4. The van der Waals surface area contributed by atoms with E-state index in [1.165, 1.54) is 27.0 Å². The van der Waals surface area contributed by atoms with Crippen LogP contribution in [0.5, 0.6) is 0 Å². The zero-order valence-corrected chi connectivity index (χ0v) is 23.0. The van der Waals surface area contributed by atoms with Crippen LogP contribution in [0.15, 0.2) is 72.8 Å². The van der Waals surface area contributed by atoms with Crippen molar-refractivity contribution in [3.8, 4) is 11.1 Å². The molecular formula is C32H35N3O2S. The van der Waals surface area contributed by atoms with Gasteiger partial charge in [0.1, 0.15) is 11.2 Å². The zero-order valence-electron chi connectivity index (χ0n) is 22.2. The Labute approximate surface area is 229 Å². The second-order valence-corrected chi connectivity index (χ2v) is 12.2. The third-order valence-corrected chi connectivity index (χ3v) is 9.81. The van der Waals surface area contributed by atoms with Gasteiger partial charge in [-0.25, -0.2) is 4.98 Å². The van der Waals surface area contributed by atoms with Crippen LogP contribution in [0.1, 0.15) is 41.8 Å². The molecule has 4 unspecified atom stereocenters. The van der Waals surface area contributed by atoms with Crippen molar-refractivity contribution in [2.45, 2.75) is 56.3 Å². The van der Waals surface area contributed by atoms with E-state index in [-0.39, 0.29) is 24.0 Å². The third-order valence-electron chi connectivity index (χ3n) is 8.80. The van der Waals surface area contributed by atoms with E-state index < -0.39 is 0 Å². The van der Waals surface area contributed by atoms with Gasteiger partial charge in [-0.2, -0.15) is 0 Å². The second kappa shape index (κ2) is 9.85. The van der Waals surface area contributed by atoms with E-state index in [0.717, 1.165) is 49.3 Å². The lowest BCUT2D eigenvalue weighted by Crippen LogP contribution is -2.49. The first-order valence-corrected chi connectivity index (χ1v) is 14.7. The first-order chi connectivity index (χ1) is 18.6. The molecule has 0 N–H and O–H groups in total. The number of benzene rings is 3. The minimum Gasteiger partial charge on any atom is -0.371 e. The van der Waals surface area contributed by atoms with Crippen molar-refractivity contribution in [3.05, 3.63) is 88.9 Å². The molecule has 1 aliphatic carbocycles. The van der Waals surface area contributed by atoms with Gasteiger partial charge in [0.25, 0.3) is 0 Å². The van der Waals surface area contributed by atoms with E-state index in [0.29, 0.717) is 6.61 Å². The predicted molar refractivity (Wildman–Crippen MR) is 153 cm³/mol. The number of para-hydroxylation sites is 1. The summed E-state index contributed by atoms with van der Waals surface area (Å²) < 4.78 is 14.5. The zero-order chi connectivity index (χ0) is 25.7. The Morgan fingerprint density at radius 3 is 2.61 bits per heavy atom. The molecule has 3 heterocycles. The van der Waals surface area contributed by atoms with Gasteiger partial charge in [-0.15, -0.1) is 11.3 Å². The van der Waals surface area contributed by atoms with Gasteiger partial charge in [-0.3, -0.25) is 9.80 Å². The molecular weight excluding hydrogens is 490 g/mol. The summed E-state index contributed by atoms with van der Waals surface area (Å²) in [6.07, 6.45) is 4.54. The maximum absolute atomic E-state index is 6.88. The first-order valence-electron chi connectivity index (χ1n) is 13.8. The molecule has 0 bridgehead atoms. The number of thiazole rings is 1. The van der Waals surface area contributed by atoms with E-state index in [2.05, 4.69) is 90.6 Å². The van der Waals surface area contributed by atoms with E-state index in [1.807, 2.05) is 6.07 Å². The van der Waals surface area contributed by atoms with Gasteiger partial charge in [0.15, 0.2) is 0 Å². The minimum absolute atomic E-state index is 0.00752. The van der Waals surface area contributed by atoms with Crippen LogP contribution in [0.2, 0.25) is 0 Å². The molecule has 2 saturated heterocycles. The molecule has 3 aromatic carbocycles. The normalized spacial score (nSPS) is 27.6. The van der Waals surface area contributed by atoms with Crippen LogP contribution in [-0.4, -0.2) is 60.4 Å². The molecule has 4 atom stereocenters. The van der Waals surface area contributed by atoms with Gasteiger partial charge in [0, 0.05) is 25.9 Å². The Bertz CT molecular complexity index is 1410. The highest BCUT2D eigenvalue weighted by Crippen LogP contribution is 2.60. The standard InChI is InChI=1S/C32H35N3O2S/c1-34-17-15-23(36-21-29-33-27-13-6-7-14-28(27)38-29)19-30(34)37-24-16-18-35(2)32(20-24)26-12-8-11-25(31(26)32)22-9-4-3-5-10-22/h3-14,23-24,30H,15-21H2,1-2H3. The molecule has 1 aromatic heterocycles. The number of ether oxygens (including phenoxy) is 2. The lowest BCUT2D eigenvalue weighted by molar-refractivity contribution is -0.157. The quantitative estimate of drug-likeness (QED) is 0.297. The molecule has 5 nitrogen and oxygen atoms in total. The van der Waals surface area contributed by atoms with E-state index in [1.54, 1.807) is 11.3 Å². The summed E-state index contributed by atoms with van der Waals surface area (Å²) in [5, 5.41) is 1.06. The SMILES string of the molecule is CN1CCC(OCc2nc3ccccc3s2)CC1OC1CCN(C)C2(C1)c1cccc(-c3ccccc3)c12. The third kappa shape index (κ3) is 4.29. The van der Waals surface area contributed by atoms with Crippen molar-refractivity contribution < 1.29 is 9.47 Å². The fourth-order valence-corrected chi connectivity index (χ4v) is 7.55. The monoisotopic (exact) mass is 525 g/mol. The Kier molecular flexibility index (Phi) is 6.33. The number of aromatic nitrogens is 1. The van der Waals surface area contributed by atoms with Crippen LogP contribution in [-0.2, 0) is 21.6 Å². The lowest BCUT2D eigenvalue weighted by Gasteiger charge is -2.43. The molecule has 3 aliphatic rings. The van der Waals surface area contributed by atoms with Crippen LogP contribution in [0.3, 0.4) is 0 Å². The smallest absolute Gasteiger partial charge is 0.120 e. The van der Waals surface area contributed by atoms with Crippen molar-refractivity contribution in [1.29, 1.82) is 0 Å². The molecule has 2 fully saturated rings. The average Bonchev–Trinajstić information content (AvgIpc) is 3.38. The number of nitrogens with zero attached hydrogens (tertiary/aromatic N) is 3. The summed E-state index contributed by atoms with van der Waals surface area (Å²) in [5.41, 5.74) is 6.72. The largest absolute Gasteiger partial charge is 0.371 e. The highest BCUT2D eigenvalue weighted by molar-refractivity contribution is 7.18. The fraction of sp³-hybridized carbons (Fsp3) is 0.406. The number of hydrogen-bond acceptors (Lipinski definition) is 6. The topological polar surface area (TPSA) is 37.8 Å². The molecule has 0 amide bonds. The molecule has 2 aliphatic heterocycles. The molecule has 6 heteroatoms. The van der Waals surface area contributed by atoms with Crippen LogP contribution >= 0.6 is 11.3 Å². The minimum atomic E-state index is 0.00752. The Hall–Kier alpha value is -2.61. The number of likely N-dealkylation sites (tertiary alicyclic amines) is 2. The Morgan fingerprint density at radius 1 is 0.921 bits per heavy atom. The molecule has 38 heavy (non-hydrogen) atoms. The Morgan fingerprint density at radius 2 is 1.74 bits per heavy atom. The molecule has 7 rings (SSSR count). The number of rotatable bonds is 6. The highest BCUT2D eigenvalue weighted by atomic mass is 32.1. The second-order valence-electron chi connectivity index (χ2n) is 11.1. The van der Waals surface area contributed by atoms with Gasteiger partial charge >= 0.3 is 0 Å². The van der Waals surface area contributed by atoms with Crippen LogP contribution in [0.25, 0.3) is 21.3 Å². The lowest BCUT2D eigenvalue weighted by atomic mass is 9.92. The van der Waals surface area contributed by atoms with E-state index >= 15 is 0 Å². The van der Waals surface area contributed by atoms with Crippen molar-refractivity contribution in [3.63, 3.8) is 0 Å². The summed E-state index contributed by atoms with van der Waals surface area (Å²) in [7, 11) is 4.47. The molecule has 0 saturated carbocycles. The molecule has 4 aromatic rings. The molecule has 1 spiro atoms. The van der Waals surface area contributed by atoms with Crippen LogP contribution < -0.4 is 0 Å². The molecule has 0 radical (unpaired) electrons. The summed E-state index contributed by atoms with van der Waals surface area (Å²) in [5.74, 6) is 0. The van der Waals surface area contributed by atoms with E-state index in [4.69, 9.17) is 14.5 Å². The van der Waals surface area contributed by atoms with Crippen molar-refractivity contribution >= 4 is 21.6 Å². The number of fused-ring (bicyclic) bond motifs is 4. The molecule has 196 valence electrons. The van der Waals surface area contributed by atoms with Crippen LogP contribution in [0, 0.1) is 0 Å². The van der Waals surface area contributed by atoms with E-state index in [9.17, 15) is 0 Å². The summed E-state index contributed by atoms with van der Waals surface area (Å²) in [6, 6.07) is 25.9. The van der Waals surface area contributed by atoms with Gasteiger partial charge in [0.2, 0.25) is 0 Å². The van der Waals surface area contributed by atoms with Gasteiger partial charge in [-0.05, 0) is 61.3 Å².